The van der Waals surface area contributed by atoms with E-state index in [1.54, 1.807) is 31.9 Å². The molecular formula is C26H29N5O2. The van der Waals surface area contributed by atoms with E-state index < -0.39 is 0 Å². The molecule has 0 saturated carbocycles. The van der Waals surface area contributed by atoms with E-state index in [4.69, 9.17) is 4.74 Å². The smallest absolute Gasteiger partial charge is 0.265 e. The molecule has 0 amide bonds. The van der Waals surface area contributed by atoms with Gasteiger partial charge < -0.3 is 15.0 Å². The Morgan fingerprint density at radius 2 is 1.97 bits per heavy atom. The molecule has 0 atom stereocenters. The van der Waals surface area contributed by atoms with Crippen molar-refractivity contribution in [2.45, 2.75) is 26.8 Å². The average Bonchev–Trinajstić information content (AvgIpc) is 2.82. The predicted molar refractivity (Wildman–Crippen MR) is 133 cm³/mol. The molecule has 4 rings (SSSR count). The largest absolute Gasteiger partial charge is 0.497 e. The number of aryl methyl sites for hydroxylation is 1. The van der Waals surface area contributed by atoms with Crippen molar-refractivity contribution in [1.29, 1.82) is 0 Å². The zero-order valence-corrected chi connectivity index (χ0v) is 19.4. The van der Waals surface area contributed by atoms with Gasteiger partial charge in [0.25, 0.3) is 5.56 Å². The number of nitrogens with one attached hydrogen (secondary N) is 1. The summed E-state index contributed by atoms with van der Waals surface area (Å²) >= 11 is 0. The van der Waals surface area contributed by atoms with Gasteiger partial charge >= 0.3 is 0 Å². The van der Waals surface area contributed by atoms with Crippen LogP contribution in [0.1, 0.15) is 19.4 Å². The lowest BCUT2D eigenvalue weighted by Crippen LogP contribution is -2.32. The standard InChI is InChI=1S/C26H29N5O2/c1-18(2)28-10-11-30(22-12-19(3)13-23(14-22)33-4)20-7-8-25-24(15-20)26(32)31(17-29-25)21-6-5-9-27-16-21/h5-9,12-18,28H,10-11H2,1-4H3. The SMILES string of the molecule is COc1cc(C)cc(N(CCNC(C)C)c2ccc3ncn(-c4cccnc4)c(=O)c3c2)c1. The predicted octanol–water partition coefficient (Wildman–Crippen LogP) is 4.23. The van der Waals surface area contributed by atoms with Crippen LogP contribution in [0, 0.1) is 6.92 Å². The first-order chi connectivity index (χ1) is 16.0. The monoisotopic (exact) mass is 443 g/mol. The third kappa shape index (κ3) is 5.04. The van der Waals surface area contributed by atoms with Crippen LogP contribution in [0.5, 0.6) is 5.75 Å². The number of rotatable bonds is 8. The molecule has 7 nitrogen and oxygen atoms in total. The summed E-state index contributed by atoms with van der Waals surface area (Å²) < 4.78 is 7.03. The van der Waals surface area contributed by atoms with E-state index in [1.165, 1.54) is 4.57 Å². The van der Waals surface area contributed by atoms with Crippen LogP contribution in [0.25, 0.3) is 16.6 Å². The Bertz CT molecular complexity index is 1300. The third-order valence-corrected chi connectivity index (χ3v) is 5.45. The molecule has 0 aliphatic carbocycles. The van der Waals surface area contributed by atoms with Gasteiger partial charge in [0, 0.05) is 42.8 Å². The number of ether oxygens (including phenoxy) is 1. The second kappa shape index (κ2) is 9.83. The van der Waals surface area contributed by atoms with Crippen LogP contribution in [-0.4, -0.2) is 40.8 Å². The van der Waals surface area contributed by atoms with Gasteiger partial charge in [0.05, 0.1) is 29.9 Å². The van der Waals surface area contributed by atoms with Gasteiger partial charge in [-0.15, -0.1) is 0 Å². The van der Waals surface area contributed by atoms with E-state index in [0.29, 0.717) is 22.6 Å². The van der Waals surface area contributed by atoms with Gasteiger partial charge in [-0.1, -0.05) is 13.8 Å². The molecule has 2 aromatic carbocycles. The molecule has 0 saturated heterocycles. The number of pyridine rings is 1. The lowest BCUT2D eigenvalue weighted by atomic mass is 10.1. The van der Waals surface area contributed by atoms with Crippen molar-refractivity contribution in [3.8, 4) is 11.4 Å². The first-order valence-electron chi connectivity index (χ1n) is 11.0. The van der Waals surface area contributed by atoms with E-state index in [-0.39, 0.29) is 5.56 Å². The Hall–Kier alpha value is -3.71. The van der Waals surface area contributed by atoms with Crippen LogP contribution in [0.15, 0.2) is 72.0 Å². The van der Waals surface area contributed by atoms with E-state index in [9.17, 15) is 4.79 Å². The topological polar surface area (TPSA) is 72.3 Å². The summed E-state index contributed by atoms with van der Waals surface area (Å²) in [5.74, 6) is 0.799. The number of anilines is 2. The summed E-state index contributed by atoms with van der Waals surface area (Å²) in [6.07, 6.45) is 4.89. The Balaban J connectivity index is 1.81. The van der Waals surface area contributed by atoms with Crippen LogP contribution in [0.3, 0.4) is 0 Å². The van der Waals surface area contributed by atoms with Gasteiger partial charge in [-0.05, 0) is 55.0 Å². The molecule has 33 heavy (non-hydrogen) atoms. The van der Waals surface area contributed by atoms with Gasteiger partial charge in [0.15, 0.2) is 0 Å². The molecular weight excluding hydrogens is 414 g/mol. The molecule has 0 aliphatic rings. The Labute approximate surface area is 193 Å². The molecule has 0 unspecified atom stereocenters. The van der Waals surface area contributed by atoms with Crippen LogP contribution >= 0.6 is 0 Å². The molecule has 0 bridgehead atoms. The molecule has 0 fully saturated rings. The molecule has 170 valence electrons. The molecule has 2 aromatic heterocycles. The zero-order chi connectivity index (χ0) is 23.4. The molecule has 4 aromatic rings. The highest BCUT2D eigenvalue weighted by Crippen LogP contribution is 2.31. The normalized spacial score (nSPS) is 11.2. The fourth-order valence-electron chi connectivity index (χ4n) is 3.83. The van der Waals surface area contributed by atoms with Crippen LogP contribution in [-0.2, 0) is 0 Å². The van der Waals surface area contributed by atoms with Crippen molar-refractivity contribution in [3.05, 3.63) is 83.2 Å². The van der Waals surface area contributed by atoms with Crippen LogP contribution in [0.4, 0.5) is 11.4 Å². The second-order valence-electron chi connectivity index (χ2n) is 8.30. The van der Waals surface area contributed by atoms with Gasteiger partial charge in [0.1, 0.15) is 12.1 Å². The van der Waals surface area contributed by atoms with Crippen molar-refractivity contribution in [1.82, 2.24) is 19.9 Å². The van der Waals surface area contributed by atoms with Crippen LogP contribution < -0.4 is 20.5 Å². The number of benzene rings is 2. The summed E-state index contributed by atoms with van der Waals surface area (Å²) in [4.78, 5) is 24.2. The van der Waals surface area contributed by atoms with Crippen molar-refractivity contribution >= 4 is 22.3 Å². The summed E-state index contributed by atoms with van der Waals surface area (Å²) in [5.41, 5.74) is 4.25. The summed E-state index contributed by atoms with van der Waals surface area (Å²) in [5, 5.41) is 4.04. The minimum absolute atomic E-state index is 0.128. The highest BCUT2D eigenvalue weighted by atomic mass is 16.5. The molecule has 1 N–H and O–H groups in total. The van der Waals surface area contributed by atoms with E-state index >= 15 is 0 Å². The number of aromatic nitrogens is 3. The fourth-order valence-corrected chi connectivity index (χ4v) is 3.83. The minimum atomic E-state index is -0.128. The van der Waals surface area contributed by atoms with E-state index in [1.807, 2.05) is 43.3 Å². The first kappa shape index (κ1) is 22.5. The highest BCUT2D eigenvalue weighted by Gasteiger charge is 2.14. The maximum atomic E-state index is 13.3. The van der Waals surface area contributed by atoms with Crippen molar-refractivity contribution < 1.29 is 4.74 Å². The first-order valence-corrected chi connectivity index (χ1v) is 11.0. The Morgan fingerprint density at radius 1 is 1.12 bits per heavy atom. The lowest BCUT2D eigenvalue weighted by Gasteiger charge is -2.27. The van der Waals surface area contributed by atoms with Gasteiger partial charge in [-0.2, -0.15) is 0 Å². The van der Waals surface area contributed by atoms with E-state index in [0.717, 1.165) is 35.8 Å². The third-order valence-electron chi connectivity index (χ3n) is 5.45. The Morgan fingerprint density at radius 3 is 2.70 bits per heavy atom. The number of nitrogens with zero attached hydrogens (tertiary/aromatic N) is 4. The van der Waals surface area contributed by atoms with Gasteiger partial charge in [-0.3, -0.25) is 14.3 Å². The van der Waals surface area contributed by atoms with Gasteiger partial charge in [-0.25, -0.2) is 4.98 Å². The van der Waals surface area contributed by atoms with E-state index in [2.05, 4.69) is 40.1 Å². The highest BCUT2D eigenvalue weighted by molar-refractivity contribution is 5.83. The quantitative estimate of drug-likeness (QED) is 0.439. The number of hydrogen-bond donors (Lipinski definition) is 1. The molecule has 7 heteroatoms. The molecule has 2 heterocycles. The lowest BCUT2D eigenvalue weighted by molar-refractivity contribution is 0.414. The summed E-state index contributed by atoms with van der Waals surface area (Å²) in [6.45, 7) is 7.82. The molecule has 0 radical (unpaired) electrons. The zero-order valence-electron chi connectivity index (χ0n) is 19.4. The average molecular weight is 444 g/mol. The fraction of sp³-hybridized carbons (Fsp3) is 0.269. The van der Waals surface area contributed by atoms with Crippen molar-refractivity contribution in [2.24, 2.45) is 0 Å². The maximum absolute atomic E-state index is 13.3. The summed E-state index contributed by atoms with van der Waals surface area (Å²) in [7, 11) is 1.67. The van der Waals surface area contributed by atoms with Gasteiger partial charge in [0.2, 0.25) is 0 Å². The van der Waals surface area contributed by atoms with Crippen molar-refractivity contribution in [2.75, 3.05) is 25.1 Å². The maximum Gasteiger partial charge on any atom is 0.265 e. The Kier molecular flexibility index (Phi) is 6.70. The molecule has 0 spiro atoms. The van der Waals surface area contributed by atoms with Crippen LogP contribution in [0.2, 0.25) is 0 Å². The second-order valence-corrected chi connectivity index (χ2v) is 8.30. The number of fused-ring (bicyclic) bond motifs is 1. The molecule has 0 aliphatic heterocycles. The summed E-state index contributed by atoms with van der Waals surface area (Å²) in [6, 6.07) is 16.0. The number of methoxy groups -OCH3 is 1. The van der Waals surface area contributed by atoms with Crippen molar-refractivity contribution in [3.63, 3.8) is 0 Å². The number of hydrogen-bond acceptors (Lipinski definition) is 6. The minimum Gasteiger partial charge on any atom is -0.497 e.